The summed E-state index contributed by atoms with van der Waals surface area (Å²) in [6, 6.07) is 6.94. The van der Waals surface area contributed by atoms with E-state index in [4.69, 9.17) is 9.47 Å². The molecule has 1 aliphatic heterocycles. The van der Waals surface area contributed by atoms with Crippen LogP contribution in [0.2, 0.25) is 0 Å². The van der Waals surface area contributed by atoms with Gasteiger partial charge in [-0.1, -0.05) is 19.1 Å². The van der Waals surface area contributed by atoms with Crippen LogP contribution in [0.5, 0.6) is 5.75 Å². The first kappa shape index (κ1) is 12.5. The fraction of sp³-hybridized carbons (Fsp3) is 0.357. The second-order valence-electron chi connectivity index (χ2n) is 4.43. The standard InChI is InChI=1S/C14H16O4/c1-4-14(2)12(15)11(13(16)18-14)9-5-7-10(17-3)8-6-9/h5-8,15H,4H2,1-3H3. The second kappa shape index (κ2) is 4.37. The summed E-state index contributed by atoms with van der Waals surface area (Å²) in [7, 11) is 1.57. The third kappa shape index (κ3) is 1.83. The maximum atomic E-state index is 11.8. The van der Waals surface area contributed by atoms with Crippen LogP contribution in [0.25, 0.3) is 5.57 Å². The van der Waals surface area contributed by atoms with E-state index in [9.17, 15) is 9.90 Å². The molecule has 1 aliphatic rings. The molecule has 1 N–H and O–H groups in total. The average Bonchev–Trinajstić information content (AvgIpc) is 2.61. The summed E-state index contributed by atoms with van der Waals surface area (Å²) in [5.41, 5.74) is -0.0377. The highest BCUT2D eigenvalue weighted by Crippen LogP contribution is 2.38. The Kier molecular flexibility index (Phi) is 3.03. The zero-order valence-corrected chi connectivity index (χ0v) is 10.7. The molecule has 0 aliphatic carbocycles. The molecule has 18 heavy (non-hydrogen) atoms. The highest BCUT2D eigenvalue weighted by atomic mass is 16.6. The molecular weight excluding hydrogens is 232 g/mol. The number of esters is 1. The Labute approximate surface area is 106 Å². The van der Waals surface area contributed by atoms with Crippen LogP contribution >= 0.6 is 0 Å². The Morgan fingerprint density at radius 2 is 1.94 bits per heavy atom. The maximum Gasteiger partial charge on any atom is 0.343 e. The zero-order chi connectivity index (χ0) is 13.3. The molecule has 0 aromatic heterocycles. The summed E-state index contributed by atoms with van der Waals surface area (Å²) in [6.07, 6.45) is 0.532. The predicted molar refractivity (Wildman–Crippen MR) is 67.3 cm³/mol. The van der Waals surface area contributed by atoms with Crippen molar-refractivity contribution in [3.05, 3.63) is 35.6 Å². The van der Waals surface area contributed by atoms with Gasteiger partial charge in [0.05, 0.1) is 7.11 Å². The van der Waals surface area contributed by atoms with Crippen molar-refractivity contribution in [2.45, 2.75) is 25.9 Å². The van der Waals surface area contributed by atoms with Crippen LogP contribution in [0.15, 0.2) is 30.0 Å². The highest BCUT2D eigenvalue weighted by molar-refractivity contribution is 6.19. The molecule has 0 spiro atoms. The summed E-state index contributed by atoms with van der Waals surface area (Å²) in [5.74, 6) is 0.214. The molecule has 0 fully saturated rings. The summed E-state index contributed by atoms with van der Waals surface area (Å²) >= 11 is 0. The topological polar surface area (TPSA) is 55.8 Å². The summed E-state index contributed by atoms with van der Waals surface area (Å²) in [6.45, 7) is 3.57. The van der Waals surface area contributed by atoms with E-state index in [2.05, 4.69) is 0 Å². The van der Waals surface area contributed by atoms with Crippen molar-refractivity contribution in [3.63, 3.8) is 0 Å². The lowest BCUT2D eigenvalue weighted by atomic mass is 9.96. The van der Waals surface area contributed by atoms with Crippen molar-refractivity contribution in [1.29, 1.82) is 0 Å². The predicted octanol–water partition coefficient (Wildman–Crippen LogP) is 2.69. The molecule has 0 saturated carbocycles. The number of ether oxygens (including phenoxy) is 2. The first-order chi connectivity index (χ1) is 8.51. The van der Waals surface area contributed by atoms with Gasteiger partial charge in [-0.2, -0.15) is 0 Å². The fourth-order valence-electron chi connectivity index (χ4n) is 1.92. The van der Waals surface area contributed by atoms with Crippen LogP contribution in [0.1, 0.15) is 25.8 Å². The summed E-state index contributed by atoms with van der Waals surface area (Å²) < 4.78 is 10.3. The van der Waals surface area contributed by atoms with Crippen molar-refractivity contribution in [1.82, 2.24) is 0 Å². The van der Waals surface area contributed by atoms with Crippen molar-refractivity contribution < 1.29 is 19.4 Å². The van der Waals surface area contributed by atoms with E-state index in [1.54, 1.807) is 38.3 Å². The molecule has 1 heterocycles. The van der Waals surface area contributed by atoms with Crippen molar-refractivity contribution in [2.24, 2.45) is 0 Å². The molecule has 96 valence electrons. The number of aliphatic hydroxyl groups is 1. The van der Waals surface area contributed by atoms with Crippen molar-refractivity contribution in [3.8, 4) is 5.75 Å². The molecule has 2 rings (SSSR count). The molecule has 1 aromatic carbocycles. The highest BCUT2D eigenvalue weighted by Gasteiger charge is 2.43. The Morgan fingerprint density at radius 3 is 2.39 bits per heavy atom. The molecule has 0 amide bonds. The number of hydrogen-bond donors (Lipinski definition) is 1. The van der Waals surface area contributed by atoms with Crippen molar-refractivity contribution in [2.75, 3.05) is 7.11 Å². The lowest BCUT2D eigenvalue weighted by molar-refractivity contribution is -0.145. The Morgan fingerprint density at radius 1 is 1.33 bits per heavy atom. The SMILES string of the molecule is CCC1(C)OC(=O)C(c2ccc(OC)cc2)=C1O. The Bertz CT molecular complexity index is 501. The molecule has 1 atom stereocenters. The molecule has 0 bridgehead atoms. The maximum absolute atomic E-state index is 11.8. The number of rotatable bonds is 3. The van der Waals surface area contributed by atoms with E-state index in [0.29, 0.717) is 17.7 Å². The minimum absolute atomic E-state index is 0.000154. The van der Waals surface area contributed by atoms with E-state index in [-0.39, 0.29) is 11.3 Å². The normalized spacial score (nSPS) is 23.2. The van der Waals surface area contributed by atoms with E-state index >= 15 is 0 Å². The average molecular weight is 248 g/mol. The number of aliphatic hydroxyl groups excluding tert-OH is 1. The van der Waals surface area contributed by atoms with Gasteiger partial charge in [0.2, 0.25) is 0 Å². The lowest BCUT2D eigenvalue weighted by Crippen LogP contribution is -2.26. The van der Waals surface area contributed by atoms with Crippen LogP contribution in [-0.4, -0.2) is 23.8 Å². The monoisotopic (exact) mass is 248 g/mol. The van der Waals surface area contributed by atoms with Crippen LogP contribution < -0.4 is 4.74 Å². The van der Waals surface area contributed by atoms with Gasteiger partial charge in [-0.3, -0.25) is 0 Å². The van der Waals surface area contributed by atoms with E-state index < -0.39 is 11.6 Å². The molecular formula is C14H16O4. The second-order valence-corrected chi connectivity index (χ2v) is 4.43. The first-order valence-corrected chi connectivity index (χ1v) is 5.83. The van der Waals surface area contributed by atoms with Gasteiger partial charge >= 0.3 is 5.97 Å². The minimum Gasteiger partial charge on any atom is -0.507 e. The Hall–Kier alpha value is -1.97. The first-order valence-electron chi connectivity index (χ1n) is 5.83. The van der Waals surface area contributed by atoms with Crippen LogP contribution in [0.3, 0.4) is 0 Å². The van der Waals surface area contributed by atoms with Crippen LogP contribution in [0.4, 0.5) is 0 Å². The van der Waals surface area contributed by atoms with Gasteiger partial charge in [0.1, 0.15) is 11.3 Å². The third-order valence-corrected chi connectivity index (χ3v) is 3.31. The lowest BCUT2D eigenvalue weighted by Gasteiger charge is -2.20. The van der Waals surface area contributed by atoms with Gasteiger partial charge < -0.3 is 14.6 Å². The van der Waals surface area contributed by atoms with E-state index in [1.807, 2.05) is 6.92 Å². The number of methoxy groups -OCH3 is 1. The zero-order valence-electron chi connectivity index (χ0n) is 10.7. The van der Waals surface area contributed by atoms with Gasteiger partial charge in [-0.05, 0) is 31.0 Å². The molecule has 4 nitrogen and oxygen atoms in total. The molecule has 0 radical (unpaired) electrons. The van der Waals surface area contributed by atoms with Gasteiger partial charge in [0.25, 0.3) is 0 Å². The van der Waals surface area contributed by atoms with Gasteiger partial charge in [-0.25, -0.2) is 4.79 Å². The van der Waals surface area contributed by atoms with Gasteiger partial charge in [0, 0.05) is 0 Å². The summed E-state index contributed by atoms with van der Waals surface area (Å²) in [4.78, 5) is 11.8. The van der Waals surface area contributed by atoms with Crippen LogP contribution in [0, 0.1) is 0 Å². The Balaban J connectivity index is 2.45. The van der Waals surface area contributed by atoms with Crippen LogP contribution in [-0.2, 0) is 9.53 Å². The molecule has 0 saturated heterocycles. The number of benzene rings is 1. The van der Waals surface area contributed by atoms with E-state index in [0.717, 1.165) is 0 Å². The summed E-state index contributed by atoms with van der Waals surface area (Å²) in [5, 5.41) is 10.2. The fourth-order valence-corrected chi connectivity index (χ4v) is 1.92. The van der Waals surface area contributed by atoms with Gasteiger partial charge in [0.15, 0.2) is 11.4 Å². The molecule has 4 heteroatoms. The third-order valence-electron chi connectivity index (χ3n) is 3.31. The number of hydrogen-bond acceptors (Lipinski definition) is 4. The molecule has 1 unspecified atom stereocenters. The van der Waals surface area contributed by atoms with Crippen molar-refractivity contribution >= 4 is 11.5 Å². The van der Waals surface area contributed by atoms with E-state index in [1.165, 1.54) is 0 Å². The largest absolute Gasteiger partial charge is 0.507 e. The quantitative estimate of drug-likeness (QED) is 0.835. The van der Waals surface area contributed by atoms with Gasteiger partial charge in [-0.15, -0.1) is 0 Å². The minimum atomic E-state index is -0.910. The number of carbonyl (C=O) groups is 1. The number of carbonyl (C=O) groups excluding carboxylic acids is 1. The smallest absolute Gasteiger partial charge is 0.343 e. The number of cyclic esters (lactones) is 1. The molecule has 1 aromatic rings.